The number of nitro benzene ring substituents is 1. The fourth-order valence-corrected chi connectivity index (χ4v) is 2.81. The largest absolute Gasteiger partial charge is 0.458 e. The van der Waals surface area contributed by atoms with Gasteiger partial charge in [-0.2, -0.15) is 0 Å². The molecule has 0 N–H and O–H groups in total. The lowest BCUT2D eigenvalue weighted by Gasteiger charge is -2.32. The van der Waals surface area contributed by atoms with Crippen LogP contribution in [0.15, 0.2) is 36.7 Å². The number of rotatable bonds is 4. The minimum Gasteiger partial charge on any atom is -0.458 e. The average Bonchev–Trinajstić information content (AvgIpc) is 2.63. The van der Waals surface area contributed by atoms with E-state index in [0.29, 0.717) is 18.1 Å². The summed E-state index contributed by atoms with van der Waals surface area (Å²) >= 11 is 5.74. The number of aromatic nitrogens is 2. The average molecular weight is 363 g/mol. The molecule has 0 radical (unpaired) electrons. The van der Waals surface area contributed by atoms with Gasteiger partial charge in [0.15, 0.2) is 0 Å². The molecule has 1 unspecified atom stereocenters. The fourth-order valence-electron chi connectivity index (χ4n) is 2.71. The van der Waals surface area contributed by atoms with Gasteiger partial charge in [-0.15, -0.1) is 0 Å². The van der Waals surface area contributed by atoms with Gasteiger partial charge in [0.1, 0.15) is 11.7 Å². The molecule has 1 aromatic carbocycles. The topological polar surface area (TPSA) is 98.5 Å². The zero-order valence-electron chi connectivity index (χ0n) is 13.2. The molecule has 1 aliphatic rings. The number of likely N-dealkylation sites (tertiary alicyclic amines) is 1. The molecule has 9 heteroatoms. The summed E-state index contributed by atoms with van der Waals surface area (Å²) in [4.78, 5) is 32.8. The Hall–Kier alpha value is -2.74. The number of amides is 1. The Labute approximate surface area is 148 Å². The van der Waals surface area contributed by atoms with E-state index in [1.165, 1.54) is 30.6 Å². The Balaban J connectivity index is 1.72. The Morgan fingerprint density at radius 1 is 1.32 bits per heavy atom. The van der Waals surface area contributed by atoms with E-state index in [0.717, 1.165) is 12.8 Å². The molecule has 130 valence electrons. The van der Waals surface area contributed by atoms with Crippen LogP contribution in [0.3, 0.4) is 0 Å². The summed E-state index contributed by atoms with van der Waals surface area (Å²) < 4.78 is 5.70. The van der Waals surface area contributed by atoms with Gasteiger partial charge >= 0.3 is 6.01 Å². The predicted molar refractivity (Wildman–Crippen MR) is 89.7 cm³/mol. The van der Waals surface area contributed by atoms with Crippen molar-refractivity contribution in [3.05, 3.63) is 57.4 Å². The first-order valence-electron chi connectivity index (χ1n) is 7.71. The molecule has 1 aromatic heterocycles. The van der Waals surface area contributed by atoms with Gasteiger partial charge < -0.3 is 9.64 Å². The fraction of sp³-hybridized carbons (Fsp3) is 0.312. The molecule has 1 fully saturated rings. The molecule has 25 heavy (non-hydrogen) atoms. The van der Waals surface area contributed by atoms with Crippen LogP contribution in [-0.2, 0) is 0 Å². The number of carbonyl (C=O) groups excluding carboxylic acids is 1. The first-order valence-corrected chi connectivity index (χ1v) is 8.09. The van der Waals surface area contributed by atoms with E-state index >= 15 is 0 Å². The number of piperidine rings is 1. The molecule has 8 nitrogen and oxygen atoms in total. The summed E-state index contributed by atoms with van der Waals surface area (Å²) in [6, 6.07) is 6.13. The van der Waals surface area contributed by atoms with Crippen LogP contribution in [0.25, 0.3) is 0 Å². The maximum Gasteiger partial charge on any atom is 0.316 e. The third kappa shape index (κ3) is 4.03. The summed E-state index contributed by atoms with van der Waals surface area (Å²) in [5.74, 6) is -0.377. The van der Waals surface area contributed by atoms with E-state index in [-0.39, 0.29) is 29.3 Å². The SMILES string of the molecule is O=C(c1ccccc1[N+](=O)[O-])N1CCCC(Oc2ncc(Cl)cn2)C1. The van der Waals surface area contributed by atoms with Crippen LogP contribution < -0.4 is 4.74 Å². The van der Waals surface area contributed by atoms with Crippen LogP contribution in [-0.4, -0.2) is 44.9 Å². The van der Waals surface area contributed by atoms with Crippen LogP contribution in [0.4, 0.5) is 5.69 Å². The van der Waals surface area contributed by atoms with Gasteiger partial charge in [0, 0.05) is 12.6 Å². The Morgan fingerprint density at radius 2 is 2.04 bits per heavy atom. The third-order valence-electron chi connectivity index (χ3n) is 3.87. The van der Waals surface area contributed by atoms with E-state index in [9.17, 15) is 14.9 Å². The summed E-state index contributed by atoms with van der Waals surface area (Å²) in [7, 11) is 0. The summed E-state index contributed by atoms with van der Waals surface area (Å²) in [6.45, 7) is 0.836. The highest BCUT2D eigenvalue weighted by atomic mass is 35.5. The lowest BCUT2D eigenvalue weighted by molar-refractivity contribution is -0.385. The minimum absolute atomic E-state index is 0.0795. The maximum atomic E-state index is 12.7. The number of carbonyl (C=O) groups is 1. The predicted octanol–water partition coefficient (Wildman–Crippen LogP) is 2.72. The molecular weight excluding hydrogens is 348 g/mol. The summed E-state index contributed by atoms with van der Waals surface area (Å²) in [5.41, 5.74) is -0.118. The number of nitro groups is 1. The number of ether oxygens (including phenoxy) is 1. The zero-order chi connectivity index (χ0) is 17.8. The number of benzene rings is 1. The zero-order valence-corrected chi connectivity index (χ0v) is 13.9. The van der Waals surface area contributed by atoms with Crippen LogP contribution in [0.5, 0.6) is 6.01 Å². The van der Waals surface area contributed by atoms with Gasteiger partial charge in [0.25, 0.3) is 11.6 Å². The molecule has 0 aliphatic carbocycles. The lowest BCUT2D eigenvalue weighted by atomic mass is 10.1. The van der Waals surface area contributed by atoms with E-state index < -0.39 is 4.92 Å². The van der Waals surface area contributed by atoms with E-state index in [2.05, 4.69) is 9.97 Å². The number of para-hydroxylation sites is 1. The van der Waals surface area contributed by atoms with Crippen molar-refractivity contribution in [3.8, 4) is 6.01 Å². The van der Waals surface area contributed by atoms with Crippen molar-refractivity contribution >= 4 is 23.2 Å². The van der Waals surface area contributed by atoms with Gasteiger partial charge in [-0.25, -0.2) is 9.97 Å². The van der Waals surface area contributed by atoms with Crippen molar-refractivity contribution in [3.63, 3.8) is 0 Å². The first kappa shape index (κ1) is 17.1. The standard InChI is InChI=1S/C16H15ClN4O4/c17-11-8-18-16(19-9-11)25-12-4-3-7-20(10-12)15(22)13-5-1-2-6-14(13)21(23)24/h1-2,5-6,8-9,12H,3-4,7,10H2. The molecule has 0 saturated carbocycles. The summed E-state index contributed by atoms with van der Waals surface area (Å²) in [5, 5.41) is 11.5. The number of hydrogen-bond donors (Lipinski definition) is 0. The second-order valence-corrected chi connectivity index (χ2v) is 6.03. The van der Waals surface area contributed by atoms with Crippen molar-refractivity contribution in [1.82, 2.24) is 14.9 Å². The molecule has 3 rings (SSSR count). The molecule has 2 aromatic rings. The number of nitrogens with zero attached hydrogens (tertiary/aromatic N) is 4. The van der Waals surface area contributed by atoms with E-state index in [4.69, 9.17) is 16.3 Å². The molecule has 0 spiro atoms. The van der Waals surface area contributed by atoms with Crippen molar-refractivity contribution in [2.45, 2.75) is 18.9 Å². The summed E-state index contributed by atoms with van der Waals surface area (Å²) in [6.07, 6.45) is 4.06. The quantitative estimate of drug-likeness (QED) is 0.612. The minimum atomic E-state index is -0.549. The lowest BCUT2D eigenvalue weighted by Crippen LogP contribution is -2.44. The third-order valence-corrected chi connectivity index (χ3v) is 4.06. The van der Waals surface area contributed by atoms with Gasteiger partial charge in [-0.05, 0) is 18.9 Å². The van der Waals surface area contributed by atoms with Crippen molar-refractivity contribution in [2.24, 2.45) is 0 Å². The van der Waals surface area contributed by atoms with Gasteiger partial charge in [-0.1, -0.05) is 23.7 Å². The molecular formula is C16H15ClN4O4. The monoisotopic (exact) mass is 362 g/mol. The van der Waals surface area contributed by atoms with Crippen LogP contribution in [0, 0.1) is 10.1 Å². The number of halogens is 1. The molecule has 2 heterocycles. The van der Waals surface area contributed by atoms with Crippen LogP contribution >= 0.6 is 11.6 Å². The Kier molecular flexibility index (Phi) is 5.08. The normalized spacial score (nSPS) is 17.2. The van der Waals surface area contributed by atoms with Gasteiger partial charge in [0.2, 0.25) is 0 Å². The van der Waals surface area contributed by atoms with E-state index in [1.54, 1.807) is 11.0 Å². The van der Waals surface area contributed by atoms with Crippen LogP contribution in [0.2, 0.25) is 5.02 Å². The molecule has 1 amide bonds. The van der Waals surface area contributed by atoms with E-state index in [1.807, 2.05) is 0 Å². The number of hydrogen-bond acceptors (Lipinski definition) is 6. The highest BCUT2D eigenvalue weighted by Crippen LogP contribution is 2.23. The second-order valence-electron chi connectivity index (χ2n) is 5.59. The Morgan fingerprint density at radius 3 is 2.76 bits per heavy atom. The molecule has 1 atom stereocenters. The van der Waals surface area contributed by atoms with Crippen molar-refractivity contribution < 1.29 is 14.5 Å². The van der Waals surface area contributed by atoms with Gasteiger partial charge in [0.05, 0.1) is 28.9 Å². The maximum absolute atomic E-state index is 12.7. The Bertz CT molecular complexity index is 784. The molecule has 1 aliphatic heterocycles. The second kappa shape index (κ2) is 7.43. The highest BCUT2D eigenvalue weighted by molar-refractivity contribution is 6.30. The smallest absolute Gasteiger partial charge is 0.316 e. The molecule has 1 saturated heterocycles. The van der Waals surface area contributed by atoms with Gasteiger partial charge in [-0.3, -0.25) is 14.9 Å². The highest BCUT2D eigenvalue weighted by Gasteiger charge is 2.29. The van der Waals surface area contributed by atoms with Crippen LogP contribution in [0.1, 0.15) is 23.2 Å². The van der Waals surface area contributed by atoms with Crippen molar-refractivity contribution in [1.29, 1.82) is 0 Å². The first-order chi connectivity index (χ1) is 12.0. The molecule has 0 bridgehead atoms. The van der Waals surface area contributed by atoms with Crippen molar-refractivity contribution in [2.75, 3.05) is 13.1 Å².